The predicted octanol–water partition coefficient (Wildman–Crippen LogP) is 3.86. The van der Waals surface area contributed by atoms with Crippen molar-refractivity contribution in [1.29, 1.82) is 0 Å². The first-order valence-electron chi connectivity index (χ1n) is 8.30. The van der Waals surface area contributed by atoms with E-state index in [1.807, 2.05) is 11.0 Å². The number of carbonyl (C=O) groups excluding carboxylic acids is 1. The van der Waals surface area contributed by atoms with E-state index < -0.39 is 0 Å². The van der Waals surface area contributed by atoms with Crippen LogP contribution in [0.1, 0.15) is 54.7 Å². The summed E-state index contributed by atoms with van der Waals surface area (Å²) in [6, 6.07) is 1.85. The van der Waals surface area contributed by atoms with E-state index in [0.717, 1.165) is 37.9 Å². The Kier molecular flexibility index (Phi) is 4.57. The first-order valence-corrected chi connectivity index (χ1v) is 9.18. The Labute approximate surface area is 141 Å². The van der Waals surface area contributed by atoms with Gasteiger partial charge in [-0.2, -0.15) is 0 Å². The Bertz CT molecular complexity index is 646. The lowest BCUT2D eigenvalue weighted by Crippen LogP contribution is -2.38. The molecule has 3 heterocycles. The molecule has 2 aromatic heterocycles. The molecule has 1 aliphatic rings. The van der Waals surface area contributed by atoms with Gasteiger partial charge in [-0.3, -0.25) is 4.79 Å². The van der Waals surface area contributed by atoms with Crippen LogP contribution in [0.3, 0.4) is 0 Å². The molecule has 1 amide bonds. The largest absolute Gasteiger partial charge is 0.367 e. The van der Waals surface area contributed by atoms with Crippen LogP contribution in [0.2, 0.25) is 0 Å². The summed E-state index contributed by atoms with van der Waals surface area (Å²) < 4.78 is 0. The van der Waals surface area contributed by atoms with Crippen LogP contribution in [0.4, 0.5) is 0 Å². The Morgan fingerprint density at radius 2 is 2.13 bits per heavy atom. The second-order valence-corrected chi connectivity index (χ2v) is 8.36. The minimum absolute atomic E-state index is 0.126. The molecule has 0 bridgehead atoms. The number of carbonyl (C=O) groups is 1. The molecule has 1 N–H and O–H groups in total. The van der Waals surface area contributed by atoms with E-state index in [1.165, 1.54) is 10.7 Å². The number of rotatable bonds is 3. The number of hydrogen-bond acceptors (Lipinski definition) is 3. The summed E-state index contributed by atoms with van der Waals surface area (Å²) in [5.74, 6) is 0.790. The number of amides is 1. The molecule has 3 rings (SSSR count). The van der Waals surface area contributed by atoms with E-state index in [4.69, 9.17) is 4.98 Å². The Morgan fingerprint density at radius 3 is 2.70 bits per heavy atom. The van der Waals surface area contributed by atoms with Crippen molar-refractivity contribution in [2.45, 2.75) is 45.4 Å². The normalized spacial score (nSPS) is 16.7. The highest BCUT2D eigenvalue weighted by atomic mass is 32.1. The molecule has 0 spiro atoms. The van der Waals surface area contributed by atoms with E-state index >= 15 is 0 Å². The number of piperidine rings is 1. The van der Waals surface area contributed by atoms with E-state index in [9.17, 15) is 4.79 Å². The zero-order chi connectivity index (χ0) is 16.4. The monoisotopic (exact) mass is 331 g/mol. The molecule has 1 fully saturated rings. The molecule has 0 unspecified atom stereocenters. The first kappa shape index (κ1) is 16.2. The average Bonchev–Trinajstić information content (AvgIpc) is 3.18. The summed E-state index contributed by atoms with van der Waals surface area (Å²) in [6.45, 7) is 8.32. The summed E-state index contributed by atoms with van der Waals surface area (Å²) in [4.78, 5) is 22.1. The van der Waals surface area contributed by atoms with E-state index in [-0.39, 0.29) is 11.3 Å². The molecule has 1 saturated heterocycles. The zero-order valence-corrected chi connectivity index (χ0v) is 14.9. The molecule has 0 radical (unpaired) electrons. The van der Waals surface area contributed by atoms with E-state index in [1.54, 1.807) is 23.7 Å². The van der Waals surface area contributed by atoms with Gasteiger partial charge in [0.15, 0.2) is 0 Å². The molecule has 124 valence electrons. The van der Waals surface area contributed by atoms with Crippen molar-refractivity contribution in [2.24, 2.45) is 5.92 Å². The number of nitrogens with zero attached hydrogens (tertiary/aromatic N) is 2. The lowest BCUT2D eigenvalue weighted by atomic mass is 9.92. The lowest BCUT2D eigenvalue weighted by molar-refractivity contribution is 0.0690. The van der Waals surface area contributed by atoms with Gasteiger partial charge in [-0.25, -0.2) is 4.98 Å². The standard InChI is InChI=1S/C18H25N3OS/c1-18(2,3)15-12-23-16(20-15)10-13-5-8-21(9-6-13)17(22)14-4-7-19-11-14/h4,7,11-13,19H,5-6,8-10H2,1-3H3. The van der Waals surface area contributed by atoms with Crippen LogP contribution in [0.15, 0.2) is 23.8 Å². The zero-order valence-electron chi connectivity index (χ0n) is 14.1. The second kappa shape index (κ2) is 6.48. The maximum Gasteiger partial charge on any atom is 0.255 e. The number of hydrogen-bond donors (Lipinski definition) is 1. The van der Waals surface area contributed by atoms with Gasteiger partial charge >= 0.3 is 0 Å². The van der Waals surface area contributed by atoms with Crippen LogP contribution in [0, 0.1) is 5.92 Å². The van der Waals surface area contributed by atoms with E-state index in [0.29, 0.717) is 5.92 Å². The van der Waals surface area contributed by atoms with Gasteiger partial charge in [-0.1, -0.05) is 20.8 Å². The maximum absolute atomic E-state index is 12.3. The molecule has 0 aliphatic carbocycles. The van der Waals surface area contributed by atoms with Gasteiger partial charge in [0.1, 0.15) is 0 Å². The molecule has 0 saturated carbocycles. The molecule has 23 heavy (non-hydrogen) atoms. The highest BCUT2D eigenvalue weighted by molar-refractivity contribution is 7.09. The van der Waals surface area contributed by atoms with Gasteiger partial charge in [-0.05, 0) is 24.8 Å². The van der Waals surface area contributed by atoms with Gasteiger partial charge in [0.25, 0.3) is 5.91 Å². The maximum atomic E-state index is 12.3. The van der Waals surface area contributed by atoms with Crippen LogP contribution in [-0.4, -0.2) is 33.9 Å². The van der Waals surface area contributed by atoms with Crippen LogP contribution < -0.4 is 0 Å². The van der Waals surface area contributed by atoms with Crippen molar-refractivity contribution >= 4 is 17.2 Å². The van der Waals surface area contributed by atoms with Crippen LogP contribution in [0.25, 0.3) is 0 Å². The van der Waals surface area contributed by atoms with E-state index in [2.05, 4.69) is 31.1 Å². The van der Waals surface area contributed by atoms with Crippen molar-refractivity contribution < 1.29 is 4.79 Å². The second-order valence-electron chi connectivity index (χ2n) is 7.42. The summed E-state index contributed by atoms with van der Waals surface area (Å²) in [6.07, 6.45) is 6.77. The highest BCUT2D eigenvalue weighted by Crippen LogP contribution is 2.28. The number of H-pyrrole nitrogens is 1. The Balaban J connectivity index is 1.53. The predicted molar refractivity (Wildman–Crippen MR) is 93.9 cm³/mol. The third-order valence-corrected chi connectivity index (χ3v) is 5.40. The van der Waals surface area contributed by atoms with Crippen LogP contribution >= 0.6 is 11.3 Å². The van der Waals surface area contributed by atoms with Crippen molar-refractivity contribution in [3.05, 3.63) is 40.1 Å². The quantitative estimate of drug-likeness (QED) is 0.928. The van der Waals surface area contributed by atoms with Crippen LogP contribution in [-0.2, 0) is 11.8 Å². The minimum Gasteiger partial charge on any atom is -0.367 e. The van der Waals surface area contributed by atoms with Gasteiger partial charge < -0.3 is 9.88 Å². The molecule has 4 nitrogen and oxygen atoms in total. The fourth-order valence-corrected chi connectivity index (χ4v) is 4.11. The molecule has 0 atom stereocenters. The third-order valence-electron chi connectivity index (χ3n) is 4.53. The number of aromatic amines is 1. The van der Waals surface area contributed by atoms with Crippen molar-refractivity contribution in [1.82, 2.24) is 14.9 Å². The molecule has 1 aliphatic heterocycles. The minimum atomic E-state index is 0.126. The van der Waals surface area contributed by atoms with Gasteiger partial charge in [0, 0.05) is 42.7 Å². The van der Waals surface area contributed by atoms with Gasteiger partial charge in [0.05, 0.1) is 16.3 Å². The average molecular weight is 331 g/mol. The smallest absolute Gasteiger partial charge is 0.255 e. The fourth-order valence-electron chi connectivity index (χ4n) is 2.98. The van der Waals surface area contributed by atoms with Gasteiger partial charge in [0.2, 0.25) is 0 Å². The summed E-state index contributed by atoms with van der Waals surface area (Å²) >= 11 is 1.78. The van der Waals surface area contributed by atoms with Crippen LogP contribution in [0.5, 0.6) is 0 Å². The van der Waals surface area contributed by atoms with Crippen molar-refractivity contribution in [3.63, 3.8) is 0 Å². The number of aromatic nitrogens is 2. The van der Waals surface area contributed by atoms with Crippen molar-refractivity contribution in [3.8, 4) is 0 Å². The number of likely N-dealkylation sites (tertiary alicyclic amines) is 1. The summed E-state index contributed by atoms with van der Waals surface area (Å²) in [7, 11) is 0. The first-order chi connectivity index (χ1) is 10.9. The number of nitrogens with one attached hydrogen (secondary N) is 1. The van der Waals surface area contributed by atoms with Crippen molar-refractivity contribution in [2.75, 3.05) is 13.1 Å². The molecule has 0 aromatic carbocycles. The lowest BCUT2D eigenvalue weighted by Gasteiger charge is -2.31. The molecule has 2 aromatic rings. The Morgan fingerprint density at radius 1 is 1.39 bits per heavy atom. The molecular weight excluding hydrogens is 306 g/mol. The third kappa shape index (κ3) is 3.83. The highest BCUT2D eigenvalue weighted by Gasteiger charge is 2.25. The SMILES string of the molecule is CC(C)(C)c1csc(CC2CCN(C(=O)c3cc[nH]c3)CC2)n1. The summed E-state index contributed by atoms with van der Waals surface area (Å²) in [5.41, 5.74) is 2.08. The Hall–Kier alpha value is -1.62. The number of thiazole rings is 1. The van der Waals surface area contributed by atoms with Gasteiger partial charge in [-0.15, -0.1) is 11.3 Å². The molecular formula is C18H25N3OS. The topological polar surface area (TPSA) is 49.0 Å². The molecule has 5 heteroatoms. The fraction of sp³-hybridized carbons (Fsp3) is 0.556. The summed E-state index contributed by atoms with van der Waals surface area (Å²) in [5, 5.41) is 3.44.